The van der Waals surface area contributed by atoms with Gasteiger partial charge in [-0.3, -0.25) is 4.79 Å². The van der Waals surface area contributed by atoms with Crippen LogP contribution < -0.4 is 5.32 Å². The van der Waals surface area contributed by atoms with Gasteiger partial charge >= 0.3 is 0 Å². The predicted octanol–water partition coefficient (Wildman–Crippen LogP) is 4.62. The number of anilines is 1. The largest absolute Gasteiger partial charge is 0.506 e. The van der Waals surface area contributed by atoms with Crippen LogP contribution in [-0.2, 0) is 4.79 Å². The Bertz CT molecular complexity index is 951. The highest BCUT2D eigenvalue weighted by atomic mass is 16.3. The maximum absolute atomic E-state index is 11.4. The van der Waals surface area contributed by atoms with Gasteiger partial charge in [-0.2, -0.15) is 0 Å². The van der Waals surface area contributed by atoms with Crippen LogP contribution in [0.25, 0.3) is 10.8 Å². The summed E-state index contributed by atoms with van der Waals surface area (Å²) in [6, 6.07) is 15.1. The molecule has 0 aromatic heterocycles. The van der Waals surface area contributed by atoms with E-state index < -0.39 is 0 Å². The van der Waals surface area contributed by atoms with Crippen LogP contribution in [0.1, 0.15) is 6.92 Å². The third kappa shape index (κ3) is 3.03. The number of phenols is 2. The van der Waals surface area contributed by atoms with Crippen LogP contribution in [0.5, 0.6) is 11.5 Å². The molecule has 3 rings (SSSR count). The fraction of sp³-hybridized carbons (Fsp3) is 0.0556. The summed E-state index contributed by atoms with van der Waals surface area (Å²) in [5, 5.41) is 32.2. The number of carbonyl (C=O) groups excluding carboxylic acids is 1. The van der Waals surface area contributed by atoms with Gasteiger partial charge in [0, 0.05) is 12.3 Å². The molecule has 6 heteroatoms. The monoisotopic (exact) mass is 321 g/mol. The van der Waals surface area contributed by atoms with E-state index >= 15 is 0 Å². The van der Waals surface area contributed by atoms with Gasteiger partial charge in [-0.15, -0.1) is 10.2 Å². The number of carbonyl (C=O) groups is 1. The fourth-order valence-electron chi connectivity index (χ4n) is 2.40. The maximum Gasteiger partial charge on any atom is 0.221 e. The number of nitrogens with one attached hydrogen (secondary N) is 1. The summed E-state index contributed by atoms with van der Waals surface area (Å²) in [6.07, 6.45) is 0. The van der Waals surface area contributed by atoms with E-state index in [1.165, 1.54) is 19.1 Å². The highest BCUT2D eigenvalue weighted by Gasteiger charge is 2.12. The Morgan fingerprint density at radius 3 is 2.46 bits per heavy atom. The third-order valence-electron chi connectivity index (χ3n) is 3.45. The van der Waals surface area contributed by atoms with Crippen LogP contribution in [0.15, 0.2) is 64.8 Å². The lowest BCUT2D eigenvalue weighted by Gasteiger charge is -2.10. The van der Waals surface area contributed by atoms with Crippen molar-refractivity contribution in [3.8, 4) is 11.5 Å². The first-order chi connectivity index (χ1) is 11.6. The van der Waals surface area contributed by atoms with Crippen LogP contribution in [0.2, 0.25) is 0 Å². The lowest BCUT2D eigenvalue weighted by molar-refractivity contribution is -0.114. The molecule has 24 heavy (non-hydrogen) atoms. The molecule has 3 aromatic rings. The average molecular weight is 321 g/mol. The minimum atomic E-state index is -0.227. The number of phenolic OH excluding ortho intramolecular Hbond substituents is 2. The van der Waals surface area contributed by atoms with Crippen LogP contribution in [0.4, 0.5) is 17.1 Å². The average Bonchev–Trinajstić information content (AvgIpc) is 2.55. The molecule has 0 fully saturated rings. The van der Waals surface area contributed by atoms with Crippen molar-refractivity contribution in [1.29, 1.82) is 0 Å². The summed E-state index contributed by atoms with van der Waals surface area (Å²) in [7, 11) is 0. The van der Waals surface area contributed by atoms with Crippen molar-refractivity contribution in [2.45, 2.75) is 6.92 Å². The smallest absolute Gasteiger partial charge is 0.221 e. The Labute approximate surface area is 138 Å². The molecule has 0 bridgehead atoms. The first-order valence-electron chi connectivity index (χ1n) is 7.28. The summed E-state index contributed by atoms with van der Waals surface area (Å²) >= 11 is 0. The van der Waals surface area contributed by atoms with E-state index in [2.05, 4.69) is 15.5 Å². The number of rotatable bonds is 3. The lowest BCUT2D eigenvalue weighted by Crippen LogP contribution is -2.06. The van der Waals surface area contributed by atoms with Crippen molar-refractivity contribution in [2.75, 3.05) is 5.32 Å². The number of hydrogen-bond acceptors (Lipinski definition) is 5. The van der Waals surface area contributed by atoms with Crippen molar-refractivity contribution >= 4 is 33.7 Å². The van der Waals surface area contributed by atoms with Gasteiger partial charge in [-0.1, -0.05) is 30.3 Å². The maximum atomic E-state index is 11.4. The van der Waals surface area contributed by atoms with Gasteiger partial charge in [-0.05, 0) is 29.7 Å². The van der Waals surface area contributed by atoms with Crippen molar-refractivity contribution < 1.29 is 15.0 Å². The number of nitrogens with zero attached hydrogens (tertiary/aromatic N) is 2. The molecule has 0 unspecified atom stereocenters. The van der Waals surface area contributed by atoms with Crippen LogP contribution in [0, 0.1) is 0 Å². The summed E-state index contributed by atoms with van der Waals surface area (Å²) in [5.41, 5.74) is 1.04. The lowest BCUT2D eigenvalue weighted by atomic mass is 10.1. The number of fused-ring (bicyclic) bond motifs is 1. The Morgan fingerprint density at radius 2 is 1.71 bits per heavy atom. The van der Waals surface area contributed by atoms with Crippen molar-refractivity contribution in [2.24, 2.45) is 10.2 Å². The zero-order valence-electron chi connectivity index (χ0n) is 12.9. The molecule has 0 radical (unpaired) electrons. The molecular weight excluding hydrogens is 306 g/mol. The molecule has 3 N–H and O–H groups in total. The quantitative estimate of drug-likeness (QED) is 0.614. The van der Waals surface area contributed by atoms with Gasteiger partial charge in [0.2, 0.25) is 5.91 Å². The minimum absolute atomic E-state index is 0.0111. The molecule has 0 saturated heterocycles. The topological polar surface area (TPSA) is 94.3 Å². The van der Waals surface area contributed by atoms with Gasteiger partial charge < -0.3 is 15.5 Å². The van der Waals surface area contributed by atoms with E-state index in [1.807, 2.05) is 6.07 Å². The number of azo groups is 1. The summed E-state index contributed by atoms with van der Waals surface area (Å²) < 4.78 is 0. The number of para-hydroxylation sites is 1. The van der Waals surface area contributed by atoms with Crippen LogP contribution in [0.3, 0.4) is 0 Å². The van der Waals surface area contributed by atoms with Crippen molar-refractivity contribution in [1.82, 2.24) is 0 Å². The molecule has 0 spiro atoms. The SMILES string of the molecule is CC(=O)Nc1cccc2ccc(O)c(N=Nc3ccccc3O)c12. The molecule has 0 aliphatic carbocycles. The molecule has 120 valence electrons. The second-order valence-electron chi connectivity index (χ2n) is 5.21. The highest BCUT2D eigenvalue weighted by molar-refractivity contribution is 6.08. The second kappa shape index (κ2) is 6.37. The first kappa shape index (κ1) is 15.5. The molecule has 3 aromatic carbocycles. The normalized spacial score (nSPS) is 11.0. The van der Waals surface area contributed by atoms with E-state index in [-0.39, 0.29) is 28.8 Å². The third-order valence-corrected chi connectivity index (χ3v) is 3.45. The fourth-order valence-corrected chi connectivity index (χ4v) is 2.40. The summed E-state index contributed by atoms with van der Waals surface area (Å²) in [4.78, 5) is 11.4. The Morgan fingerprint density at radius 1 is 0.917 bits per heavy atom. The summed E-state index contributed by atoms with van der Waals surface area (Å²) in [5.74, 6) is -0.308. The zero-order chi connectivity index (χ0) is 17.1. The van der Waals surface area contributed by atoms with E-state index in [1.54, 1.807) is 36.4 Å². The molecule has 1 amide bonds. The van der Waals surface area contributed by atoms with Gasteiger partial charge in [0.25, 0.3) is 0 Å². The van der Waals surface area contributed by atoms with E-state index in [0.717, 1.165) is 5.39 Å². The summed E-state index contributed by atoms with van der Waals surface area (Å²) in [6.45, 7) is 1.41. The molecule has 0 aliphatic rings. The Kier molecular flexibility index (Phi) is 4.11. The molecule has 6 nitrogen and oxygen atoms in total. The highest BCUT2D eigenvalue weighted by Crippen LogP contribution is 2.40. The van der Waals surface area contributed by atoms with E-state index in [0.29, 0.717) is 11.1 Å². The number of benzene rings is 3. The zero-order valence-corrected chi connectivity index (χ0v) is 12.9. The predicted molar refractivity (Wildman–Crippen MR) is 92.2 cm³/mol. The van der Waals surface area contributed by atoms with Crippen LogP contribution >= 0.6 is 0 Å². The molecule has 0 saturated carbocycles. The number of aromatic hydroxyl groups is 2. The standard InChI is InChI=1S/C18H15N3O3/c1-11(22)19-14-7-4-5-12-9-10-16(24)18(17(12)14)21-20-13-6-2-3-8-15(13)23/h2-10,23-24H,1H3,(H,19,22). The second-order valence-corrected chi connectivity index (χ2v) is 5.21. The van der Waals surface area contributed by atoms with Crippen LogP contribution in [-0.4, -0.2) is 16.1 Å². The molecular formula is C18H15N3O3. The van der Waals surface area contributed by atoms with Gasteiger partial charge in [0.05, 0.1) is 5.69 Å². The molecule has 0 aliphatic heterocycles. The first-order valence-corrected chi connectivity index (χ1v) is 7.28. The number of amides is 1. The van der Waals surface area contributed by atoms with E-state index in [9.17, 15) is 15.0 Å². The van der Waals surface area contributed by atoms with Gasteiger partial charge in [-0.25, -0.2) is 0 Å². The number of hydrogen-bond donors (Lipinski definition) is 3. The van der Waals surface area contributed by atoms with Gasteiger partial charge in [0.15, 0.2) is 0 Å². The molecule has 0 heterocycles. The molecule has 0 atom stereocenters. The van der Waals surface area contributed by atoms with Crippen molar-refractivity contribution in [3.63, 3.8) is 0 Å². The van der Waals surface area contributed by atoms with E-state index in [4.69, 9.17) is 0 Å². The van der Waals surface area contributed by atoms with Crippen molar-refractivity contribution in [3.05, 3.63) is 54.6 Å². The minimum Gasteiger partial charge on any atom is -0.506 e. The Balaban J connectivity index is 2.17. The Hall–Kier alpha value is -3.41. The van der Waals surface area contributed by atoms with Gasteiger partial charge in [0.1, 0.15) is 22.9 Å².